The number of hydrogen-bond acceptors (Lipinski definition) is 6. The minimum absolute atomic E-state index is 0.189. The molecule has 2 saturated heterocycles. The average Bonchev–Trinajstić information content (AvgIpc) is 3.21. The lowest BCUT2D eigenvalue weighted by atomic mass is 9.91. The molecule has 2 aromatic rings. The normalized spacial score (nSPS) is 18.2. The Morgan fingerprint density at radius 3 is 2.47 bits per heavy atom. The molecular weight excluding hydrogens is 428 g/mol. The van der Waals surface area contributed by atoms with Gasteiger partial charge in [0.1, 0.15) is 5.60 Å². The van der Waals surface area contributed by atoms with Gasteiger partial charge in [0.05, 0.1) is 5.69 Å². The zero-order valence-electron chi connectivity index (χ0n) is 21.7. The molecule has 7 heteroatoms. The number of benzene rings is 1. The average molecular weight is 471 g/mol. The van der Waals surface area contributed by atoms with E-state index in [1.807, 2.05) is 25.7 Å². The second-order valence-corrected chi connectivity index (χ2v) is 11.3. The molecule has 1 aromatic carbocycles. The van der Waals surface area contributed by atoms with Crippen molar-refractivity contribution >= 4 is 22.7 Å². The van der Waals surface area contributed by atoms with E-state index in [1.165, 1.54) is 30.5 Å². The number of aromatic nitrogens is 1. The smallest absolute Gasteiger partial charge is 0.410 e. The molecular formula is C27H42N4O3. The van der Waals surface area contributed by atoms with E-state index in [4.69, 9.17) is 9.26 Å². The summed E-state index contributed by atoms with van der Waals surface area (Å²) in [5.41, 5.74) is 4.13. The van der Waals surface area contributed by atoms with Crippen LogP contribution in [0, 0.1) is 5.92 Å². The number of aryl methyl sites for hydroxylation is 1. The lowest BCUT2D eigenvalue weighted by Crippen LogP contribution is -2.41. The quantitative estimate of drug-likeness (QED) is 0.559. The first-order valence-electron chi connectivity index (χ1n) is 13.0. The van der Waals surface area contributed by atoms with Crippen molar-refractivity contribution in [2.45, 2.75) is 77.9 Å². The zero-order chi connectivity index (χ0) is 24.3. The van der Waals surface area contributed by atoms with Crippen molar-refractivity contribution < 1.29 is 14.1 Å². The molecule has 0 atom stereocenters. The van der Waals surface area contributed by atoms with Crippen LogP contribution in [0.3, 0.4) is 0 Å². The van der Waals surface area contributed by atoms with Crippen LogP contribution < -0.4 is 4.90 Å². The highest BCUT2D eigenvalue weighted by atomic mass is 16.6. The Labute approximate surface area is 204 Å². The summed E-state index contributed by atoms with van der Waals surface area (Å²) in [5, 5.41) is 5.68. The summed E-state index contributed by atoms with van der Waals surface area (Å²) >= 11 is 0. The van der Waals surface area contributed by atoms with Crippen molar-refractivity contribution in [3.05, 3.63) is 23.4 Å². The van der Waals surface area contributed by atoms with Gasteiger partial charge in [0.2, 0.25) is 0 Å². The monoisotopic (exact) mass is 470 g/mol. The summed E-state index contributed by atoms with van der Waals surface area (Å²) in [6, 6.07) is 4.50. The standard InChI is InChI=1S/C27H42N4O3/c1-27(2,3)33-26(32)31-17-13-20(14-18-31)9-11-23-21-10-12-24(30-15-7-6-8-16-30)22(19-29(4)5)25(21)34-28-23/h10,12,20H,6-9,11,13-19H2,1-5H3. The molecule has 1 aromatic heterocycles. The van der Waals surface area contributed by atoms with Crippen molar-refractivity contribution in [2.75, 3.05) is 45.2 Å². The van der Waals surface area contributed by atoms with Crippen molar-refractivity contribution in [3.63, 3.8) is 0 Å². The molecule has 0 spiro atoms. The van der Waals surface area contributed by atoms with E-state index in [2.05, 4.69) is 41.2 Å². The van der Waals surface area contributed by atoms with Crippen LogP contribution in [0.1, 0.15) is 70.6 Å². The molecule has 0 saturated carbocycles. The molecule has 0 radical (unpaired) electrons. The third-order valence-electron chi connectivity index (χ3n) is 7.02. The van der Waals surface area contributed by atoms with Crippen LogP contribution in [-0.4, -0.2) is 66.9 Å². The predicted molar refractivity (Wildman–Crippen MR) is 136 cm³/mol. The molecule has 0 unspecified atom stereocenters. The number of anilines is 1. The molecule has 0 bridgehead atoms. The second-order valence-electron chi connectivity index (χ2n) is 11.3. The van der Waals surface area contributed by atoms with E-state index >= 15 is 0 Å². The van der Waals surface area contributed by atoms with Crippen molar-refractivity contribution in [2.24, 2.45) is 5.92 Å². The molecule has 0 N–H and O–H groups in total. The van der Waals surface area contributed by atoms with Crippen LogP contribution in [0.15, 0.2) is 16.7 Å². The minimum atomic E-state index is -0.443. The topological polar surface area (TPSA) is 62.0 Å². The van der Waals surface area contributed by atoms with Gasteiger partial charge in [0.25, 0.3) is 0 Å². The van der Waals surface area contributed by atoms with Crippen LogP contribution in [0.2, 0.25) is 0 Å². The number of piperidine rings is 2. The fourth-order valence-electron chi connectivity index (χ4n) is 5.25. The molecule has 34 heavy (non-hydrogen) atoms. The van der Waals surface area contributed by atoms with E-state index in [0.717, 1.165) is 75.1 Å². The molecule has 2 fully saturated rings. The van der Waals surface area contributed by atoms with Crippen LogP contribution >= 0.6 is 0 Å². The number of hydrogen-bond donors (Lipinski definition) is 0. The summed E-state index contributed by atoms with van der Waals surface area (Å²) in [5.74, 6) is 0.597. The Kier molecular flexibility index (Phi) is 7.70. The highest BCUT2D eigenvalue weighted by Crippen LogP contribution is 2.34. The number of ether oxygens (including phenoxy) is 1. The number of likely N-dealkylation sites (tertiary alicyclic amines) is 1. The summed E-state index contributed by atoms with van der Waals surface area (Å²) in [6.45, 7) is 10.4. The number of fused-ring (bicyclic) bond motifs is 1. The summed E-state index contributed by atoms with van der Waals surface area (Å²) in [6.07, 6.45) is 7.66. The third kappa shape index (κ3) is 6.04. The van der Waals surface area contributed by atoms with Crippen LogP contribution in [-0.2, 0) is 17.7 Å². The number of amides is 1. The van der Waals surface area contributed by atoms with Crippen LogP contribution in [0.4, 0.5) is 10.5 Å². The Hall–Kier alpha value is -2.28. The molecule has 2 aliphatic heterocycles. The maximum absolute atomic E-state index is 12.3. The molecule has 1 amide bonds. The van der Waals surface area contributed by atoms with E-state index in [9.17, 15) is 4.79 Å². The number of carbonyl (C=O) groups excluding carboxylic acids is 1. The van der Waals surface area contributed by atoms with Gasteiger partial charge in [0.15, 0.2) is 5.58 Å². The van der Waals surface area contributed by atoms with Crippen LogP contribution in [0.5, 0.6) is 0 Å². The molecule has 0 aliphatic carbocycles. The maximum Gasteiger partial charge on any atom is 0.410 e. The molecule has 7 nitrogen and oxygen atoms in total. The van der Waals surface area contributed by atoms with Gasteiger partial charge in [-0.05, 0) is 97.9 Å². The largest absolute Gasteiger partial charge is 0.444 e. The van der Waals surface area contributed by atoms with Gasteiger partial charge in [-0.25, -0.2) is 4.79 Å². The Bertz CT molecular complexity index is 964. The van der Waals surface area contributed by atoms with E-state index < -0.39 is 5.60 Å². The van der Waals surface area contributed by atoms with Gasteiger partial charge in [-0.3, -0.25) is 0 Å². The third-order valence-corrected chi connectivity index (χ3v) is 7.02. The lowest BCUT2D eigenvalue weighted by molar-refractivity contribution is 0.0181. The van der Waals surface area contributed by atoms with Gasteiger partial charge in [-0.15, -0.1) is 0 Å². The van der Waals surface area contributed by atoms with Gasteiger partial charge in [-0.2, -0.15) is 0 Å². The first kappa shape index (κ1) is 24.8. The highest BCUT2D eigenvalue weighted by Gasteiger charge is 2.27. The lowest BCUT2D eigenvalue weighted by Gasteiger charge is -2.33. The fraction of sp³-hybridized carbons (Fsp3) is 0.704. The first-order chi connectivity index (χ1) is 16.2. The van der Waals surface area contributed by atoms with Crippen LogP contribution in [0.25, 0.3) is 11.0 Å². The van der Waals surface area contributed by atoms with Crippen molar-refractivity contribution in [1.29, 1.82) is 0 Å². The van der Waals surface area contributed by atoms with Crippen molar-refractivity contribution in [1.82, 2.24) is 15.0 Å². The van der Waals surface area contributed by atoms with Gasteiger partial charge < -0.3 is 24.0 Å². The SMILES string of the molecule is CN(C)Cc1c(N2CCCCC2)ccc2c(CCC3CCN(C(=O)OC(C)(C)C)CC3)noc12. The van der Waals surface area contributed by atoms with Gasteiger partial charge in [-0.1, -0.05) is 5.16 Å². The van der Waals surface area contributed by atoms with Gasteiger partial charge >= 0.3 is 6.09 Å². The van der Waals surface area contributed by atoms with Crippen molar-refractivity contribution in [3.8, 4) is 0 Å². The number of carbonyl (C=O) groups is 1. The fourth-order valence-corrected chi connectivity index (χ4v) is 5.25. The van der Waals surface area contributed by atoms with E-state index in [0.29, 0.717) is 5.92 Å². The molecule has 188 valence electrons. The second kappa shape index (κ2) is 10.5. The molecule has 3 heterocycles. The summed E-state index contributed by atoms with van der Waals surface area (Å²) in [7, 11) is 4.22. The number of nitrogens with zero attached hydrogens (tertiary/aromatic N) is 4. The first-order valence-corrected chi connectivity index (χ1v) is 13.0. The zero-order valence-corrected chi connectivity index (χ0v) is 21.7. The molecule has 4 rings (SSSR count). The van der Waals surface area contributed by atoms with E-state index in [1.54, 1.807) is 0 Å². The highest BCUT2D eigenvalue weighted by molar-refractivity contribution is 5.87. The Balaban J connectivity index is 1.41. The maximum atomic E-state index is 12.3. The van der Waals surface area contributed by atoms with E-state index in [-0.39, 0.29) is 6.09 Å². The Morgan fingerprint density at radius 1 is 1.12 bits per heavy atom. The number of rotatable bonds is 6. The predicted octanol–water partition coefficient (Wildman–Crippen LogP) is 5.46. The van der Waals surface area contributed by atoms with Gasteiger partial charge in [0, 0.05) is 49.4 Å². The Morgan fingerprint density at radius 2 is 1.82 bits per heavy atom. The minimum Gasteiger partial charge on any atom is -0.444 e. The summed E-state index contributed by atoms with van der Waals surface area (Å²) in [4.78, 5) is 18.9. The molecule has 2 aliphatic rings. The summed E-state index contributed by atoms with van der Waals surface area (Å²) < 4.78 is 11.5.